The van der Waals surface area contributed by atoms with Gasteiger partial charge in [-0.25, -0.2) is 0 Å². The molecule has 3 N–H and O–H groups in total. The van der Waals surface area contributed by atoms with E-state index in [4.69, 9.17) is 17.3 Å². The second-order valence-corrected chi connectivity index (χ2v) is 4.54. The Kier molecular flexibility index (Phi) is 5.25. The lowest BCUT2D eigenvalue weighted by Crippen LogP contribution is -2.41. The zero-order valence-corrected chi connectivity index (χ0v) is 10.9. The Labute approximate surface area is 112 Å². The van der Waals surface area contributed by atoms with Crippen molar-refractivity contribution in [2.75, 3.05) is 6.54 Å². The SMILES string of the molecule is Cl.NCC(NC(=O)c1ccccc1Cl)C1CC1. The Balaban J connectivity index is 0.00000144. The average Bonchev–Trinajstić information content (AvgIpc) is 3.10. The standard InChI is InChI=1S/C12H15ClN2O.ClH/c13-10-4-2-1-3-9(10)12(16)15-11(7-14)8-5-6-8;/h1-4,8,11H,5-7,14H2,(H,15,16);1H. The van der Waals surface area contributed by atoms with Gasteiger partial charge in [0.1, 0.15) is 0 Å². The second-order valence-electron chi connectivity index (χ2n) is 4.13. The van der Waals surface area contributed by atoms with Crippen molar-refractivity contribution in [3.63, 3.8) is 0 Å². The van der Waals surface area contributed by atoms with E-state index < -0.39 is 0 Å². The molecule has 0 saturated heterocycles. The summed E-state index contributed by atoms with van der Waals surface area (Å²) in [6.45, 7) is 0.487. The highest BCUT2D eigenvalue weighted by Crippen LogP contribution is 2.32. The molecule has 1 fully saturated rings. The number of benzene rings is 1. The molecule has 0 spiro atoms. The molecule has 17 heavy (non-hydrogen) atoms. The van der Waals surface area contributed by atoms with Crippen LogP contribution in [0.3, 0.4) is 0 Å². The normalized spacial score (nSPS) is 15.9. The molecule has 1 aliphatic carbocycles. The highest BCUT2D eigenvalue weighted by molar-refractivity contribution is 6.33. The first-order chi connectivity index (χ1) is 7.72. The maximum atomic E-state index is 11.9. The molecule has 0 aliphatic heterocycles. The van der Waals surface area contributed by atoms with E-state index in [1.54, 1.807) is 24.3 Å². The Morgan fingerprint density at radius 3 is 2.65 bits per heavy atom. The summed E-state index contributed by atoms with van der Waals surface area (Å²) in [5, 5.41) is 3.42. The van der Waals surface area contributed by atoms with Gasteiger partial charge in [-0.3, -0.25) is 4.79 Å². The van der Waals surface area contributed by atoms with Crippen molar-refractivity contribution in [2.24, 2.45) is 11.7 Å². The zero-order valence-electron chi connectivity index (χ0n) is 9.36. The van der Waals surface area contributed by atoms with Gasteiger partial charge in [-0.2, -0.15) is 0 Å². The Morgan fingerprint density at radius 1 is 1.47 bits per heavy atom. The van der Waals surface area contributed by atoms with Gasteiger partial charge in [-0.05, 0) is 30.9 Å². The van der Waals surface area contributed by atoms with Crippen LogP contribution in [0.15, 0.2) is 24.3 Å². The molecule has 0 heterocycles. The lowest BCUT2D eigenvalue weighted by molar-refractivity contribution is 0.0933. The largest absolute Gasteiger partial charge is 0.348 e. The van der Waals surface area contributed by atoms with Crippen molar-refractivity contribution in [3.05, 3.63) is 34.9 Å². The third-order valence-corrected chi connectivity index (χ3v) is 3.21. The Morgan fingerprint density at radius 2 is 2.12 bits per heavy atom. The smallest absolute Gasteiger partial charge is 0.253 e. The number of rotatable bonds is 4. The van der Waals surface area contributed by atoms with Crippen LogP contribution in [0.2, 0.25) is 5.02 Å². The molecule has 1 atom stereocenters. The highest BCUT2D eigenvalue weighted by Gasteiger charge is 2.31. The summed E-state index contributed by atoms with van der Waals surface area (Å²) in [7, 11) is 0. The molecule has 1 aromatic rings. The van der Waals surface area contributed by atoms with Gasteiger partial charge in [0.25, 0.3) is 5.91 Å². The van der Waals surface area contributed by atoms with E-state index in [1.165, 1.54) is 0 Å². The maximum absolute atomic E-state index is 11.9. The van der Waals surface area contributed by atoms with Crippen LogP contribution in [-0.2, 0) is 0 Å². The number of carbonyl (C=O) groups is 1. The van der Waals surface area contributed by atoms with Crippen LogP contribution in [0.4, 0.5) is 0 Å². The van der Waals surface area contributed by atoms with Crippen molar-refractivity contribution >= 4 is 29.9 Å². The van der Waals surface area contributed by atoms with E-state index in [-0.39, 0.29) is 24.4 Å². The molecule has 0 radical (unpaired) electrons. The van der Waals surface area contributed by atoms with Gasteiger partial charge in [0, 0.05) is 12.6 Å². The van der Waals surface area contributed by atoms with Gasteiger partial charge in [-0.15, -0.1) is 12.4 Å². The van der Waals surface area contributed by atoms with Gasteiger partial charge in [0.15, 0.2) is 0 Å². The number of carbonyl (C=O) groups excluding carboxylic acids is 1. The molecule has 1 unspecified atom stereocenters. The van der Waals surface area contributed by atoms with Gasteiger partial charge in [0.05, 0.1) is 10.6 Å². The van der Waals surface area contributed by atoms with E-state index >= 15 is 0 Å². The number of hydrogen-bond acceptors (Lipinski definition) is 2. The highest BCUT2D eigenvalue weighted by atomic mass is 35.5. The van der Waals surface area contributed by atoms with Gasteiger partial charge in [0.2, 0.25) is 0 Å². The molecule has 1 aliphatic rings. The van der Waals surface area contributed by atoms with Crippen LogP contribution < -0.4 is 11.1 Å². The minimum absolute atomic E-state index is 0. The third-order valence-electron chi connectivity index (χ3n) is 2.88. The van der Waals surface area contributed by atoms with Crippen LogP contribution in [0, 0.1) is 5.92 Å². The van der Waals surface area contributed by atoms with Gasteiger partial charge >= 0.3 is 0 Å². The number of amides is 1. The third kappa shape index (κ3) is 3.60. The topological polar surface area (TPSA) is 55.1 Å². The molecule has 5 heteroatoms. The van der Waals surface area contributed by atoms with Crippen LogP contribution in [0.1, 0.15) is 23.2 Å². The van der Waals surface area contributed by atoms with Crippen molar-refractivity contribution in [1.29, 1.82) is 0 Å². The van der Waals surface area contributed by atoms with E-state index in [9.17, 15) is 4.79 Å². The molecular weight excluding hydrogens is 259 g/mol. The van der Waals surface area contributed by atoms with E-state index in [1.807, 2.05) is 0 Å². The Bertz CT molecular complexity index is 394. The summed E-state index contributed by atoms with van der Waals surface area (Å²) in [5.41, 5.74) is 6.15. The first kappa shape index (κ1) is 14.3. The minimum atomic E-state index is -0.132. The minimum Gasteiger partial charge on any atom is -0.348 e. The van der Waals surface area contributed by atoms with Gasteiger partial charge in [-0.1, -0.05) is 23.7 Å². The number of nitrogens with one attached hydrogen (secondary N) is 1. The van der Waals surface area contributed by atoms with Crippen LogP contribution in [-0.4, -0.2) is 18.5 Å². The molecule has 0 bridgehead atoms. The van der Waals surface area contributed by atoms with E-state index in [0.29, 0.717) is 23.0 Å². The number of nitrogens with two attached hydrogens (primary N) is 1. The Hall–Kier alpha value is -0.770. The first-order valence-corrected chi connectivity index (χ1v) is 5.85. The first-order valence-electron chi connectivity index (χ1n) is 5.48. The van der Waals surface area contributed by atoms with Crippen molar-refractivity contribution in [2.45, 2.75) is 18.9 Å². The summed E-state index contributed by atoms with van der Waals surface area (Å²) in [6.07, 6.45) is 2.31. The predicted octanol–water partition coefficient (Wildman–Crippen LogP) is 2.23. The molecule has 0 aromatic heterocycles. The molecule has 2 rings (SSSR count). The summed E-state index contributed by atoms with van der Waals surface area (Å²) >= 11 is 5.95. The molecule has 94 valence electrons. The summed E-state index contributed by atoms with van der Waals surface area (Å²) in [6, 6.07) is 7.13. The fraction of sp³-hybridized carbons (Fsp3) is 0.417. The lowest BCUT2D eigenvalue weighted by Gasteiger charge is -2.16. The number of halogens is 2. The second kappa shape index (κ2) is 6.24. The van der Waals surface area contributed by atoms with Crippen molar-refractivity contribution in [1.82, 2.24) is 5.32 Å². The van der Waals surface area contributed by atoms with Crippen LogP contribution in [0.25, 0.3) is 0 Å². The maximum Gasteiger partial charge on any atom is 0.253 e. The summed E-state index contributed by atoms with van der Waals surface area (Å²) < 4.78 is 0. The predicted molar refractivity (Wildman–Crippen MR) is 71.7 cm³/mol. The van der Waals surface area contributed by atoms with E-state index in [0.717, 1.165) is 12.8 Å². The zero-order chi connectivity index (χ0) is 11.5. The van der Waals surface area contributed by atoms with E-state index in [2.05, 4.69) is 5.32 Å². The van der Waals surface area contributed by atoms with Crippen molar-refractivity contribution < 1.29 is 4.79 Å². The average molecular weight is 275 g/mol. The van der Waals surface area contributed by atoms with Crippen molar-refractivity contribution in [3.8, 4) is 0 Å². The van der Waals surface area contributed by atoms with Crippen LogP contribution >= 0.6 is 24.0 Å². The van der Waals surface area contributed by atoms with Gasteiger partial charge < -0.3 is 11.1 Å². The molecular formula is C12H16Cl2N2O. The quantitative estimate of drug-likeness (QED) is 0.885. The molecule has 1 aromatic carbocycles. The lowest BCUT2D eigenvalue weighted by atomic mass is 10.1. The molecule has 1 saturated carbocycles. The summed E-state index contributed by atoms with van der Waals surface area (Å²) in [5.74, 6) is 0.421. The molecule has 1 amide bonds. The fourth-order valence-corrected chi connectivity index (χ4v) is 1.98. The fourth-order valence-electron chi connectivity index (χ4n) is 1.76. The summed E-state index contributed by atoms with van der Waals surface area (Å²) in [4.78, 5) is 11.9. The monoisotopic (exact) mass is 274 g/mol. The van der Waals surface area contributed by atoms with Crippen LogP contribution in [0.5, 0.6) is 0 Å². The number of hydrogen-bond donors (Lipinski definition) is 2. The molecule has 3 nitrogen and oxygen atoms in total.